The largest absolute Gasteiger partial charge is 0.461 e. The lowest BCUT2D eigenvalue weighted by Gasteiger charge is -2.28. The fourth-order valence-electron chi connectivity index (χ4n) is 2.67. The molecule has 1 amide bonds. The third-order valence-corrected chi connectivity index (χ3v) is 4.03. The summed E-state index contributed by atoms with van der Waals surface area (Å²) in [5, 5.41) is 12.8. The van der Waals surface area contributed by atoms with Gasteiger partial charge in [-0.2, -0.15) is 0 Å². The molecule has 0 radical (unpaired) electrons. The lowest BCUT2D eigenvalue weighted by atomic mass is 9.89. The van der Waals surface area contributed by atoms with Crippen LogP contribution in [-0.4, -0.2) is 54.2 Å². The quantitative estimate of drug-likeness (QED) is 0.748. The van der Waals surface area contributed by atoms with Crippen molar-refractivity contribution < 1.29 is 28.9 Å². The van der Waals surface area contributed by atoms with Crippen LogP contribution in [-0.2, 0) is 19.0 Å². The maximum atomic E-state index is 12.4. The molecule has 0 aromatic heterocycles. The number of aliphatic hydroxyl groups excluding tert-OH is 1. The average Bonchev–Trinajstić information content (AvgIpc) is 2.47. The SMILES string of the molecule is CC(C)CCC1C(O)COCC(NC(=O)OC(C)(C)C)C(=O)OC1C. The minimum Gasteiger partial charge on any atom is -0.461 e. The fraction of sp³-hybridized carbons (Fsp3) is 0.889. The first-order valence-electron chi connectivity index (χ1n) is 8.95. The number of hydrogen-bond donors (Lipinski definition) is 2. The van der Waals surface area contributed by atoms with E-state index >= 15 is 0 Å². The molecule has 1 rings (SSSR count). The Balaban J connectivity index is 2.73. The summed E-state index contributed by atoms with van der Waals surface area (Å²) in [5.74, 6) is -0.293. The van der Waals surface area contributed by atoms with E-state index in [1.165, 1.54) is 0 Å². The number of nitrogens with one attached hydrogen (secondary N) is 1. The Kier molecular flexibility index (Phi) is 8.15. The van der Waals surface area contributed by atoms with Crippen molar-refractivity contribution in [3.05, 3.63) is 0 Å². The van der Waals surface area contributed by atoms with E-state index in [1.807, 2.05) is 0 Å². The molecule has 0 aromatic carbocycles. The van der Waals surface area contributed by atoms with Crippen LogP contribution < -0.4 is 5.32 Å². The number of esters is 1. The summed E-state index contributed by atoms with van der Waals surface area (Å²) in [4.78, 5) is 24.3. The van der Waals surface area contributed by atoms with Gasteiger partial charge in [0.2, 0.25) is 0 Å². The first-order valence-corrected chi connectivity index (χ1v) is 8.95. The van der Waals surface area contributed by atoms with Crippen LogP contribution in [0.5, 0.6) is 0 Å². The van der Waals surface area contributed by atoms with Gasteiger partial charge in [-0.15, -0.1) is 0 Å². The molecule has 2 N–H and O–H groups in total. The van der Waals surface area contributed by atoms with Crippen molar-refractivity contribution in [1.29, 1.82) is 0 Å². The minimum atomic E-state index is -0.964. The highest BCUT2D eigenvalue weighted by Crippen LogP contribution is 2.23. The molecule has 4 unspecified atom stereocenters. The van der Waals surface area contributed by atoms with E-state index in [0.717, 1.165) is 12.8 Å². The van der Waals surface area contributed by atoms with E-state index in [0.29, 0.717) is 5.92 Å². The Hall–Kier alpha value is -1.34. The fourth-order valence-corrected chi connectivity index (χ4v) is 2.67. The van der Waals surface area contributed by atoms with Gasteiger partial charge in [0.05, 0.1) is 19.3 Å². The molecule has 0 saturated carbocycles. The Morgan fingerprint density at radius 2 is 2.00 bits per heavy atom. The van der Waals surface area contributed by atoms with E-state index in [-0.39, 0.29) is 19.1 Å². The highest BCUT2D eigenvalue weighted by molar-refractivity contribution is 5.81. The summed E-state index contributed by atoms with van der Waals surface area (Å²) in [6.07, 6.45) is -0.237. The molecule has 1 aliphatic rings. The molecule has 25 heavy (non-hydrogen) atoms. The first kappa shape index (κ1) is 21.7. The number of carbonyl (C=O) groups excluding carboxylic acids is 2. The van der Waals surface area contributed by atoms with E-state index < -0.39 is 35.9 Å². The number of hydrogen-bond acceptors (Lipinski definition) is 6. The second-order valence-electron chi connectivity index (χ2n) is 8.08. The molecule has 0 spiro atoms. The molecule has 1 aliphatic heterocycles. The van der Waals surface area contributed by atoms with Crippen molar-refractivity contribution >= 4 is 12.1 Å². The van der Waals surface area contributed by atoms with Crippen LogP contribution in [0.25, 0.3) is 0 Å². The summed E-state index contributed by atoms with van der Waals surface area (Å²) in [6, 6.07) is -0.964. The molecule has 7 nitrogen and oxygen atoms in total. The molecule has 0 aromatic rings. The van der Waals surface area contributed by atoms with Crippen molar-refractivity contribution in [1.82, 2.24) is 5.32 Å². The van der Waals surface area contributed by atoms with Gasteiger partial charge >= 0.3 is 12.1 Å². The van der Waals surface area contributed by atoms with Crippen molar-refractivity contribution in [2.24, 2.45) is 11.8 Å². The average molecular weight is 359 g/mol. The van der Waals surface area contributed by atoms with Crippen LogP contribution in [0, 0.1) is 11.8 Å². The van der Waals surface area contributed by atoms with Crippen molar-refractivity contribution in [3.63, 3.8) is 0 Å². The number of cyclic esters (lactones) is 1. The minimum absolute atomic E-state index is 0.0707. The second kappa shape index (κ2) is 9.38. The molecule has 0 aliphatic carbocycles. The molecule has 7 heteroatoms. The van der Waals surface area contributed by atoms with Gasteiger partial charge in [0.25, 0.3) is 0 Å². The van der Waals surface area contributed by atoms with Gasteiger partial charge < -0.3 is 24.6 Å². The van der Waals surface area contributed by atoms with Crippen LogP contribution in [0.15, 0.2) is 0 Å². The van der Waals surface area contributed by atoms with E-state index in [2.05, 4.69) is 19.2 Å². The number of aliphatic hydroxyl groups is 1. The Bertz CT molecular complexity index is 445. The Morgan fingerprint density at radius 3 is 2.56 bits per heavy atom. The topological polar surface area (TPSA) is 94.1 Å². The zero-order chi connectivity index (χ0) is 19.2. The van der Waals surface area contributed by atoms with Crippen LogP contribution in [0.4, 0.5) is 4.79 Å². The zero-order valence-electron chi connectivity index (χ0n) is 16.2. The number of amides is 1. The van der Waals surface area contributed by atoms with Gasteiger partial charge in [-0.25, -0.2) is 9.59 Å². The van der Waals surface area contributed by atoms with Gasteiger partial charge in [-0.1, -0.05) is 20.3 Å². The molecular formula is C18H33NO6. The van der Waals surface area contributed by atoms with Gasteiger partial charge in [-0.3, -0.25) is 0 Å². The molecular weight excluding hydrogens is 326 g/mol. The first-order chi connectivity index (χ1) is 11.5. The van der Waals surface area contributed by atoms with Crippen molar-refractivity contribution in [2.45, 2.75) is 78.2 Å². The summed E-state index contributed by atoms with van der Waals surface area (Å²) in [7, 11) is 0. The third kappa shape index (κ3) is 8.05. The molecule has 1 fully saturated rings. The lowest BCUT2D eigenvalue weighted by Crippen LogP contribution is -2.47. The van der Waals surface area contributed by atoms with Crippen molar-refractivity contribution in [2.75, 3.05) is 13.2 Å². The summed E-state index contributed by atoms with van der Waals surface area (Å²) < 4.78 is 16.1. The number of ether oxygens (including phenoxy) is 3. The third-order valence-electron chi connectivity index (χ3n) is 4.03. The summed E-state index contributed by atoms with van der Waals surface area (Å²) in [6.45, 7) is 11.2. The molecule has 0 bridgehead atoms. The van der Waals surface area contributed by atoms with Gasteiger partial charge in [-0.05, 0) is 40.0 Å². The molecule has 1 saturated heterocycles. The highest BCUT2D eigenvalue weighted by atomic mass is 16.6. The number of rotatable bonds is 4. The lowest BCUT2D eigenvalue weighted by molar-refractivity contribution is -0.155. The smallest absolute Gasteiger partial charge is 0.408 e. The Labute approximate surface area is 150 Å². The zero-order valence-corrected chi connectivity index (χ0v) is 16.2. The normalized spacial score (nSPS) is 28.6. The van der Waals surface area contributed by atoms with Gasteiger partial charge in [0.15, 0.2) is 6.04 Å². The van der Waals surface area contributed by atoms with Gasteiger partial charge in [0.1, 0.15) is 11.7 Å². The van der Waals surface area contributed by atoms with Crippen LogP contribution in [0.2, 0.25) is 0 Å². The number of carbonyl (C=O) groups is 2. The number of alkyl carbamates (subject to hydrolysis) is 1. The van der Waals surface area contributed by atoms with Crippen LogP contribution >= 0.6 is 0 Å². The predicted molar refractivity (Wildman–Crippen MR) is 93.1 cm³/mol. The molecule has 4 atom stereocenters. The monoisotopic (exact) mass is 359 g/mol. The van der Waals surface area contributed by atoms with E-state index in [9.17, 15) is 14.7 Å². The van der Waals surface area contributed by atoms with Crippen LogP contribution in [0.1, 0.15) is 54.4 Å². The highest BCUT2D eigenvalue weighted by Gasteiger charge is 2.34. The second-order valence-corrected chi connectivity index (χ2v) is 8.08. The molecule has 1 heterocycles. The van der Waals surface area contributed by atoms with Crippen molar-refractivity contribution in [3.8, 4) is 0 Å². The standard InChI is InChI=1S/C18H33NO6/c1-11(2)7-8-13-12(3)24-16(21)14(9-23-10-15(13)20)19-17(22)25-18(4,5)6/h11-15,20H,7-10H2,1-6H3,(H,19,22). The maximum Gasteiger partial charge on any atom is 0.408 e. The van der Waals surface area contributed by atoms with E-state index in [4.69, 9.17) is 14.2 Å². The Morgan fingerprint density at radius 1 is 1.36 bits per heavy atom. The summed E-state index contributed by atoms with van der Waals surface area (Å²) >= 11 is 0. The van der Waals surface area contributed by atoms with E-state index in [1.54, 1.807) is 27.7 Å². The molecule has 146 valence electrons. The predicted octanol–water partition coefficient (Wildman–Crippen LogP) is 2.25. The van der Waals surface area contributed by atoms with Gasteiger partial charge in [0, 0.05) is 5.92 Å². The van der Waals surface area contributed by atoms with Crippen LogP contribution in [0.3, 0.4) is 0 Å². The maximum absolute atomic E-state index is 12.4. The summed E-state index contributed by atoms with van der Waals surface area (Å²) in [5.41, 5.74) is -0.668.